The van der Waals surface area contributed by atoms with Crippen molar-refractivity contribution >= 4 is 5.69 Å². The van der Waals surface area contributed by atoms with Crippen LogP contribution < -0.4 is 25.7 Å². The van der Waals surface area contributed by atoms with Crippen molar-refractivity contribution in [2.75, 3.05) is 51.3 Å². The number of nitrogens with zero attached hydrogens (tertiary/aromatic N) is 4. The summed E-state index contributed by atoms with van der Waals surface area (Å²) in [4.78, 5) is 33.5. The Kier molecular flexibility index (Phi) is 7.67. The van der Waals surface area contributed by atoms with Crippen LogP contribution in [0.25, 0.3) is 0 Å². The van der Waals surface area contributed by atoms with Crippen LogP contribution in [0.1, 0.15) is 12.0 Å². The van der Waals surface area contributed by atoms with Gasteiger partial charge in [0.2, 0.25) is 6.61 Å². The minimum Gasteiger partial charge on any atom is -0.494 e. The molecular formula is C21H26F4N4O4. The van der Waals surface area contributed by atoms with Crippen molar-refractivity contribution in [1.29, 1.82) is 0 Å². The van der Waals surface area contributed by atoms with E-state index in [1.165, 1.54) is 26.2 Å². The smallest absolute Gasteiger partial charge is 0.425 e. The molecule has 3 rings (SSSR count). The summed E-state index contributed by atoms with van der Waals surface area (Å²) in [6.45, 7) is 3.22. The van der Waals surface area contributed by atoms with Crippen LogP contribution >= 0.6 is 0 Å². The zero-order valence-corrected chi connectivity index (χ0v) is 18.4. The van der Waals surface area contributed by atoms with Crippen LogP contribution in [0.15, 0.2) is 34.0 Å². The molecule has 0 saturated carbocycles. The van der Waals surface area contributed by atoms with Gasteiger partial charge in [-0.1, -0.05) is 0 Å². The highest BCUT2D eigenvalue weighted by atomic mass is 19.4. The van der Waals surface area contributed by atoms with Gasteiger partial charge >= 0.3 is 11.9 Å². The molecule has 1 aromatic heterocycles. The molecule has 0 spiro atoms. The average molecular weight is 474 g/mol. The first kappa shape index (κ1) is 24.6. The van der Waals surface area contributed by atoms with Crippen LogP contribution in [-0.2, 0) is 6.54 Å². The van der Waals surface area contributed by atoms with E-state index in [4.69, 9.17) is 4.74 Å². The van der Waals surface area contributed by atoms with Crippen LogP contribution in [0.5, 0.6) is 5.75 Å². The Morgan fingerprint density at radius 1 is 1.06 bits per heavy atom. The molecule has 2 heterocycles. The summed E-state index contributed by atoms with van der Waals surface area (Å²) in [5.74, 6) is 0.0924. The summed E-state index contributed by atoms with van der Waals surface area (Å²) < 4.78 is 57.3. The summed E-state index contributed by atoms with van der Waals surface area (Å²) >= 11 is 0. The number of piperazine rings is 1. The lowest BCUT2D eigenvalue weighted by Gasteiger charge is -2.36. The van der Waals surface area contributed by atoms with E-state index in [2.05, 4.69) is 14.6 Å². The number of hydrogen-bond donors (Lipinski definition) is 0. The topological polar surface area (TPSA) is 68.9 Å². The van der Waals surface area contributed by atoms with E-state index >= 15 is 0 Å². The fraction of sp³-hybridized carbons (Fsp3) is 0.524. The molecule has 0 unspecified atom stereocenters. The lowest BCUT2D eigenvalue weighted by molar-refractivity contribution is -0.176. The number of anilines is 1. The number of ether oxygens (including phenoxy) is 1. The van der Waals surface area contributed by atoms with Gasteiger partial charge in [-0.05, 0) is 32.0 Å². The predicted octanol–water partition coefficient (Wildman–Crippen LogP) is 1.67. The van der Waals surface area contributed by atoms with E-state index in [0.717, 1.165) is 16.5 Å². The fourth-order valence-electron chi connectivity index (χ4n) is 3.71. The molecule has 1 aliphatic rings. The van der Waals surface area contributed by atoms with Gasteiger partial charge < -0.3 is 14.5 Å². The Hall–Kier alpha value is -3.02. The summed E-state index contributed by atoms with van der Waals surface area (Å²) in [5, 5.41) is 0. The quantitative estimate of drug-likeness (QED) is 0.543. The molecule has 8 nitrogen and oxygen atoms in total. The third-order valence-electron chi connectivity index (χ3n) is 5.39. The maximum atomic E-state index is 13.4. The summed E-state index contributed by atoms with van der Waals surface area (Å²) in [5.41, 5.74) is -0.578. The zero-order chi connectivity index (χ0) is 24.2. The van der Waals surface area contributed by atoms with Gasteiger partial charge in [-0.25, -0.2) is 9.18 Å². The van der Waals surface area contributed by atoms with E-state index in [0.29, 0.717) is 49.6 Å². The molecule has 0 atom stereocenters. The molecule has 0 amide bonds. The Balaban J connectivity index is 1.57. The van der Waals surface area contributed by atoms with Crippen LogP contribution in [0, 0.1) is 12.7 Å². The number of aryl methyl sites for hydroxylation is 1. The first-order valence-corrected chi connectivity index (χ1v) is 10.4. The van der Waals surface area contributed by atoms with Gasteiger partial charge in [0.1, 0.15) is 11.6 Å². The van der Waals surface area contributed by atoms with E-state index in [1.807, 2.05) is 0 Å². The van der Waals surface area contributed by atoms with Gasteiger partial charge in [-0.15, -0.1) is 4.73 Å². The molecule has 0 bridgehead atoms. The molecule has 33 heavy (non-hydrogen) atoms. The van der Waals surface area contributed by atoms with E-state index in [9.17, 15) is 27.2 Å². The minimum atomic E-state index is -4.60. The van der Waals surface area contributed by atoms with Gasteiger partial charge in [0.15, 0.2) is 0 Å². The largest absolute Gasteiger partial charge is 0.494 e. The number of methoxy groups -OCH3 is 1. The molecule has 1 saturated heterocycles. The Labute approximate surface area is 187 Å². The first-order chi connectivity index (χ1) is 15.6. The van der Waals surface area contributed by atoms with Gasteiger partial charge in [0, 0.05) is 44.4 Å². The molecule has 0 N–H and O–H groups in total. The summed E-state index contributed by atoms with van der Waals surface area (Å²) in [6, 6.07) is 4.40. The van der Waals surface area contributed by atoms with Crippen molar-refractivity contribution in [1.82, 2.24) is 14.2 Å². The zero-order valence-electron chi connectivity index (χ0n) is 18.4. The van der Waals surface area contributed by atoms with Crippen molar-refractivity contribution in [3.63, 3.8) is 0 Å². The van der Waals surface area contributed by atoms with Crippen LogP contribution in [-0.4, -0.2) is 66.8 Å². The normalized spacial score (nSPS) is 15.0. The molecule has 12 heteroatoms. The molecule has 0 radical (unpaired) electrons. The minimum absolute atomic E-state index is 0.0563. The van der Waals surface area contributed by atoms with Crippen molar-refractivity contribution in [2.45, 2.75) is 26.1 Å². The lowest BCUT2D eigenvalue weighted by Crippen LogP contribution is -2.47. The summed E-state index contributed by atoms with van der Waals surface area (Å²) in [6.07, 6.45) is -3.18. The molecule has 1 aromatic carbocycles. The number of benzene rings is 1. The highest BCUT2D eigenvalue weighted by Crippen LogP contribution is 2.29. The van der Waals surface area contributed by atoms with Crippen molar-refractivity contribution in [3.05, 3.63) is 56.6 Å². The van der Waals surface area contributed by atoms with E-state index in [-0.39, 0.29) is 17.9 Å². The van der Waals surface area contributed by atoms with Gasteiger partial charge in [-0.2, -0.15) is 13.2 Å². The van der Waals surface area contributed by atoms with Crippen LogP contribution in [0.3, 0.4) is 0 Å². The predicted molar refractivity (Wildman–Crippen MR) is 113 cm³/mol. The average Bonchev–Trinajstić information content (AvgIpc) is 2.77. The van der Waals surface area contributed by atoms with E-state index < -0.39 is 24.0 Å². The fourth-order valence-corrected chi connectivity index (χ4v) is 3.71. The Bertz CT molecular complexity index is 1080. The lowest BCUT2D eigenvalue weighted by atomic mass is 10.2. The van der Waals surface area contributed by atoms with E-state index in [1.54, 1.807) is 6.07 Å². The van der Waals surface area contributed by atoms with Gasteiger partial charge in [0.05, 0.1) is 19.0 Å². The molecule has 182 valence electrons. The van der Waals surface area contributed by atoms with Crippen molar-refractivity contribution in [3.8, 4) is 5.75 Å². The molecular weight excluding hydrogens is 448 g/mol. The van der Waals surface area contributed by atoms with Gasteiger partial charge in [0.25, 0.3) is 5.56 Å². The standard InChI is InChI=1S/C21H26F4N4O4/c1-15-13-29(33-14-21(23,24)25)20(31)28(19(15)30)7-3-6-26-8-10-27(11-9-26)17-5-4-16(22)12-18(17)32-2/h4-5,12-13H,3,6-11,14H2,1-2H3. The molecule has 0 aliphatic carbocycles. The number of halogens is 4. The van der Waals surface area contributed by atoms with Crippen molar-refractivity contribution in [2.24, 2.45) is 0 Å². The second-order valence-corrected chi connectivity index (χ2v) is 7.76. The maximum absolute atomic E-state index is 13.4. The molecule has 1 fully saturated rings. The highest BCUT2D eigenvalue weighted by molar-refractivity contribution is 5.58. The number of hydrogen-bond acceptors (Lipinski definition) is 6. The SMILES string of the molecule is COc1cc(F)ccc1N1CCN(CCCn2c(=O)c(C)cn(OCC(F)(F)F)c2=O)CC1. The van der Waals surface area contributed by atoms with Crippen LogP contribution in [0.4, 0.5) is 23.2 Å². The third-order valence-corrected chi connectivity index (χ3v) is 5.39. The number of alkyl halides is 3. The second-order valence-electron chi connectivity index (χ2n) is 7.76. The Morgan fingerprint density at radius 3 is 2.39 bits per heavy atom. The second kappa shape index (κ2) is 10.3. The highest BCUT2D eigenvalue weighted by Gasteiger charge is 2.29. The maximum Gasteiger partial charge on any atom is 0.425 e. The first-order valence-electron chi connectivity index (χ1n) is 10.4. The van der Waals surface area contributed by atoms with Crippen LogP contribution in [0.2, 0.25) is 0 Å². The summed E-state index contributed by atoms with van der Waals surface area (Å²) in [7, 11) is 1.49. The number of rotatable bonds is 8. The Morgan fingerprint density at radius 2 is 1.76 bits per heavy atom. The third kappa shape index (κ3) is 6.28. The van der Waals surface area contributed by atoms with Gasteiger partial charge in [-0.3, -0.25) is 14.3 Å². The molecule has 2 aromatic rings. The monoisotopic (exact) mass is 474 g/mol. The van der Waals surface area contributed by atoms with Crippen molar-refractivity contribution < 1.29 is 27.1 Å². The number of aromatic nitrogens is 2. The molecule has 1 aliphatic heterocycles.